The fourth-order valence-electron chi connectivity index (χ4n) is 2.39. The van der Waals surface area contributed by atoms with Gasteiger partial charge in [0.15, 0.2) is 0 Å². The molecule has 18 heavy (non-hydrogen) atoms. The van der Waals surface area contributed by atoms with Crippen LogP contribution in [-0.2, 0) is 0 Å². The maximum atomic E-state index is 13.4. The smallest absolute Gasteiger partial charge is 0.309 e. The van der Waals surface area contributed by atoms with E-state index in [9.17, 15) is 17.6 Å². The van der Waals surface area contributed by atoms with Crippen molar-refractivity contribution < 1.29 is 17.6 Å². The van der Waals surface area contributed by atoms with Crippen LogP contribution in [0.3, 0.4) is 0 Å². The summed E-state index contributed by atoms with van der Waals surface area (Å²) in [4.78, 5) is 0. The lowest BCUT2D eigenvalue weighted by atomic mass is 9.85. The fourth-order valence-corrected chi connectivity index (χ4v) is 2.39. The summed E-state index contributed by atoms with van der Waals surface area (Å²) in [6.07, 6.45) is -3.66. The van der Waals surface area contributed by atoms with Crippen LogP contribution >= 0.6 is 0 Å². The minimum Gasteiger partial charge on any atom is -0.309 e. The van der Waals surface area contributed by atoms with Crippen molar-refractivity contribution in [2.45, 2.75) is 32.0 Å². The van der Waals surface area contributed by atoms with Crippen molar-refractivity contribution in [3.05, 3.63) is 35.1 Å². The van der Waals surface area contributed by atoms with E-state index in [4.69, 9.17) is 0 Å². The van der Waals surface area contributed by atoms with Gasteiger partial charge in [-0.3, -0.25) is 0 Å². The zero-order chi connectivity index (χ0) is 13.3. The van der Waals surface area contributed by atoms with Crippen LogP contribution in [0, 0.1) is 18.7 Å². The van der Waals surface area contributed by atoms with Gasteiger partial charge in [-0.2, -0.15) is 13.2 Å². The second-order valence-corrected chi connectivity index (χ2v) is 4.73. The highest BCUT2D eigenvalue weighted by Crippen LogP contribution is 2.41. The lowest BCUT2D eigenvalue weighted by Crippen LogP contribution is -2.41. The molecule has 1 nitrogen and oxygen atoms in total. The number of hydrogen-bond donors (Lipinski definition) is 1. The molecule has 1 aliphatic heterocycles. The molecular formula is C13H15F4N. The van der Waals surface area contributed by atoms with Crippen molar-refractivity contribution in [3.8, 4) is 0 Å². The molecule has 1 aromatic carbocycles. The van der Waals surface area contributed by atoms with Gasteiger partial charge in [-0.1, -0.05) is 12.1 Å². The summed E-state index contributed by atoms with van der Waals surface area (Å²) in [6.45, 7) is 2.13. The number of alkyl halides is 3. The zero-order valence-corrected chi connectivity index (χ0v) is 10.0. The Kier molecular flexibility index (Phi) is 3.61. The van der Waals surface area contributed by atoms with Crippen LogP contribution in [0.4, 0.5) is 17.6 Å². The number of halogens is 4. The van der Waals surface area contributed by atoms with Gasteiger partial charge in [0.05, 0.1) is 5.92 Å². The van der Waals surface area contributed by atoms with Crippen molar-refractivity contribution in [1.29, 1.82) is 0 Å². The van der Waals surface area contributed by atoms with E-state index in [1.54, 1.807) is 13.0 Å². The third-order valence-electron chi connectivity index (χ3n) is 3.43. The van der Waals surface area contributed by atoms with Crippen LogP contribution in [-0.4, -0.2) is 12.7 Å². The van der Waals surface area contributed by atoms with E-state index >= 15 is 0 Å². The van der Waals surface area contributed by atoms with E-state index in [-0.39, 0.29) is 6.42 Å². The number of nitrogens with one attached hydrogen (secondary N) is 1. The van der Waals surface area contributed by atoms with E-state index in [0.717, 1.165) is 0 Å². The van der Waals surface area contributed by atoms with Gasteiger partial charge in [-0.05, 0) is 43.5 Å². The van der Waals surface area contributed by atoms with Gasteiger partial charge in [0.1, 0.15) is 5.82 Å². The van der Waals surface area contributed by atoms with Crippen LogP contribution in [0.1, 0.15) is 30.0 Å². The molecule has 1 aliphatic rings. The summed E-state index contributed by atoms with van der Waals surface area (Å²) < 4.78 is 52.2. The summed E-state index contributed by atoms with van der Waals surface area (Å²) in [5.41, 5.74) is 0.818. The Labute approximate surface area is 103 Å². The topological polar surface area (TPSA) is 12.0 Å². The molecular weight excluding hydrogens is 246 g/mol. The van der Waals surface area contributed by atoms with Crippen molar-refractivity contribution in [1.82, 2.24) is 5.32 Å². The number of hydrogen-bond acceptors (Lipinski definition) is 1. The molecule has 2 rings (SSSR count). The average molecular weight is 261 g/mol. The maximum Gasteiger partial charge on any atom is 0.393 e. The molecule has 1 aromatic rings. The summed E-state index contributed by atoms with van der Waals surface area (Å²) in [6, 6.07) is 3.46. The molecule has 100 valence electrons. The predicted molar refractivity (Wildman–Crippen MR) is 60.7 cm³/mol. The Balaban J connectivity index is 2.31. The first kappa shape index (κ1) is 13.3. The van der Waals surface area contributed by atoms with Crippen LogP contribution in [0.2, 0.25) is 0 Å². The largest absolute Gasteiger partial charge is 0.393 e. The molecule has 0 aliphatic carbocycles. The van der Waals surface area contributed by atoms with Crippen LogP contribution in [0.15, 0.2) is 18.2 Å². The molecule has 0 radical (unpaired) electrons. The molecule has 0 aromatic heterocycles. The second-order valence-electron chi connectivity index (χ2n) is 4.73. The Morgan fingerprint density at radius 3 is 2.61 bits per heavy atom. The zero-order valence-electron chi connectivity index (χ0n) is 10.0. The third kappa shape index (κ3) is 2.66. The molecule has 5 heteroatoms. The van der Waals surface area contributed by atoms with Crippen LogP contribution in [0.5, 0.6) is 0 Å². The monoisotopic (exact) mass is 261 g/mol. The van der Waals surface area contributed by atoms with Gasteiger partial charge in [-0.25, -0.2) is 4.39 Å². The number of benzene rings is 1. The Morgan fingerprint density at radius 1 is 1.28 bits per heavy atom. The normalized spacial score (nSPS) is 25.2. The summed E-state index contributed by atoms with van der Waals surface area (Å²) >= 11 is 0. The quantitative estimate of drug-likeness (QED) is 0.759. The number of rotatable bonds is 1. The van der Waals surface area contributed by atoms with Gasteiger partial charge in [-0.15, -0.1) is 0 Å². The van der Waals surface area contributed by atoms with Crippen molar-refractivity contribution in [2.75, 3.05) is 6.54 Å². The highest BCUT2D eigenvalue weighted by Gasteiger charge is 2.46. The maximum absolute atomic E-state index is 13.4. The first-order chi connectivity index (χ1) is 8.39. The second kappa shape index (κ2) is 4.88. The molecule has 1 N–H and O–H groups in total. The third-order valence-corrected chi connectivity index (χ3v) is 3.43. The molecule has 2 atom stereocenters. The number of piperidine rings is 1. The van der Waals surface area contributed by atoms with Gasteiger partial charge >= 0.3 is 6.18 Å². The Bertz CT molecular complexity index is 427. The van der Waals surface area contributed by atoms with E-state index < -0.39 is 24.0 Å². The molecule has 1 heterocycles. The molecule has 0 spiro atoms. The molecule has 1 saturated heterocycles. The SMILES string of the molecule is Cc1ccc(C2NCCCC2C(F)(F)F)cc1F. The highest BCUT2D eigenvalue weighted by atomic mass is 19.4. The molecule has 1 fully saturated rings. The minimum absolute atomic E-state index is 0.0939. The molecule has 2 unspecified atom stereocenters. The van der Waals surface area contributed by atoms with Crippen molar-refractivity contribution >= 4 is 0 Å². The molecule has 0 saturated carbocycles. The van der Waals surface area contributed by atoms with E-state index in [0.29, 0.717) is 24.1 Å². The molecule has 0 amide bonds. The lowest BCUT2D eigenvalue weighted by molar-refractivity contribution is -0.189. The standard InChI is InChI=1S/C13H15F4N/c1-8-4-5-9(7-11(8)14)12-10(13(15,16)17)3-2-6-18-12/h4-5,7,10,12,18H,2-3,6H2,1H3. The first-order valence-corrected chi connectivity index (χ1v) is 5.96. The summed E-state index contributed by atoms with van der Waals surface area (Å²) in [7, 11) is 0. The van der Waals surface area contributed by atoms with E-state index in [1.165, 1.54) is 12.1 Å². The first-order valence-electron chi connectivity index (χ1n) is 5.96. The Morgan fingerprint density at radius 2 is 2.00 bits per heavy atom. The highest BCUT2D eigenvalue weighted by molar-refractivity contribution is 5.27. The molecule has 0 bridgehead atoms. The van der Waals surface area contributed by atoms with Gasteiger partial charge < -0.3 is 5.32 Å². The van der Waals surface area contributed by atoms with Gasteiger partial charge in [0.2, 0.25) is 0 Å². The van der Waals surface area contributed by atoms with E-state index in [1.807, 2.05) is 0 Å². The van der Waals surface area contributed by atoms with Crippen LogP contribution < -0.4 is 5.32 Å². The van der Waals surface area contributed by atoms with Crippen molar-refractivity contribution in [3.63, 3.8) is 0 Å². The lowest BCUT2D eigenvalue weighted by Gasteiger charge is -2.34. The fraction of sp³-hybridized carbons (Fsp3) is 0.538. The summed E-state index contributed by atoms with van der Waals surface area (Å²) in [5, 5.41) is 2.85. The summed E-state index contributed by atoms with van der Waals surface area (Å²) in [5.74, 6) is -1.89. The van der Waals surface area contributed by atoms with Gasteiger partial charge in [0.25, 0.3) is 0 Å². The van der Waals surface area contributed by atoms with Crippen LogP contribution in [0.25, 0.3) is 0 Å². The van der Waals surface area contributed by atoms with Crippen molar-refractivity contribution in [2.24, 2.45) is 5.92 Å². The number of aryl methyl sites for hydroxylation is 1. The van der Waals surface area contributed by atoms with Gasteiger partial charge in [0, 0.05) is 6.04 Å². The Hall–Kier alpha value is -1.10. The predicted octanol–water partition coefficient (Wildman–Crippen LogP) is 3.74. The van der Waals surface area contributed by atoms with E-state index in [2.05, 4.69) is 5.32 Å². The minimum atomic E-state index is -4.25. The average Bonchev–Trinajstić information content (AvgIpc) is 2.32.